The largest absolute Gasteiger partial charge is 0.497 e. The number of hydrogen-bond acceptors (Lipinski definition) is 3. The summed E-state index contributed by atoms with van der Waals surface area (Å²) in [6.07, 6.45) is 1.17. The molecule has 0 aliphatic rings. The van der Waals surface area contributed by atoms with Crippen LogP contribution in [0, 0.1) is 5.92 Å². The van der Waals surface area contributed by atoms with Gasteiger partial charge in [0, 0.05) is 13.5 Å². The predicted molar refractivity (Wildman–Crippen MR) is 86.6 cm³/mol. The van der Waals surface area contributed by atoms with Gasteiger partial charge < -0.3 is 15.4 Å². The third-order valence-corrected chi connectivity index (χ3v) is 3.33. The van der Waals surface area contributed by atoms with Gasteiger partial charge in [0.1, 0.15) is 5.75 Å². The summed E-state index contributed by atoms with van der Waals surface area (Å²) in [5.74, 6) is 1.07. The SMILES string of the molecule is COc1ccc([C@H](CC(=O)NCCC(C)C)NC(C)=O)cc1. The highest BCUT2D eigenvalue weighted by Crippen LogP contribution is 2.20. The fraction of sp³-hybridized carbons (Fsp3) is 0.529. The highest BCUT2D eigenvalue weighted by molar-refractivity contribution is 5.79. The number of hydrogen-bond donors (Lipinski definition) is 2. The van der Waals surface area contributed by atoms with E-state index in [0.29, 0.717) is 12.5 Å². The molecule has 2 N–H and O–H groups in total. The number of amides is 2. The summed E-state index contributed by atoms with van der Waals surface area (Å²) < 4.78 is 5.12. The van der Waals surface area contributed by atoms with Crippen molar-refractivity contribution < 1.29 is 14.3 Å². The molecule has 1 aromatic rings. The van der Waals surface area contributed by atoms with Gasteiger partial charge in [-0.2, -0.15) is 0 Å². The third-order valence-electron chi connectivity index (χ3n) is 3.33. The first-order valence-corrected chi connectivity index (χ1v) is 7.60. The fourth-order valence-corrected chi connectivity index (χ4v) is 2.09. The molecule has 1 aromatic carbocycles. The lowest BCUT2D eigenvalue weighted by atomic mass is 10.0. The first-order chi connectivity index (χ1) is 10.4. The van der Waals surface area contributed by atoms with Gasteiger partial charge in [-0.15, -0.1) is 0 Å². The van der Waals surface area contributed by atoms with E-state index in [2.05, 4.69) is 24.5 Å². The summed E-state index contributed by atoms with van der Waals surface area (Å²) in [6.45, 7) is 6.34. The van der Waals surface area contributed by atoms with Gasteiger partial charge >= 0.3 is 0 Å². The van der Waals surface area contributed by atoms with Gasteiger partial charge in [-0.1, -0.05) is 26.0 Å². The van der Waals surface area contributed by atoms with Crippen LogP contribution in [0.3, 0.4) is 0 Å². The maximum atomic E-state index is 12.0. The Balaban J connectivity index is 2.67. The second kappa shape index (κ2) is 9.07. The molecular formula is C17H26N2O3. The minimum Gasteiger partial charge on any atom is -0.497 e. The van der Waals surface area contributed by atoms with Crippen LogP contribution in [0.4, 0.5) is 0 Å². The first kappa shape index (κ1) is 18.0. The van der Waals surface area contributed by atoms with E-state index in [1.165, 1.54) is 6.92 Å². The number of carbonyl (C=O) groups excluding carboxylic acids is 2. The van der Waals surface area contributed by atoms with E-state index in [9.17, 15) is 9.59 Å². The van der Waals surface area contributed by atoms with Crippen molar-refractivity contribution in [1.29, 1.82) is 0 Å². The van der Waals surface area contributed by atoms with Crippen LogP contribution in [0.1, 0.15) is 45.2 Å². The second-order valence-corrected chi connectivity index (χ2v) is 5.76. The van der Waals surface area contributed by atoms with Crippen molar-refractivity contribution in [1.82, 2.24) is 10.6 Å². The molecule has 22 heavy (non-hydrogen) atoms. The molecule has 2 amide bonds. The van der Waals surface area contributed by atoms with Gasteiger partial charge in [-0.05, 0) is 30.0 Å². The van der Waals surface area contributed by atoms with Crippen molar-refractivity contribution in [2.75, 3.05) is 13.7 Å². The summed E-state index contributed by atoms with van der Waals surface area (Å²) in [4.78, 5) is 23.4. The topological polar surface area (TPSA) is 67.4 Å². The summed E-state index contributed by atoms with van der Waals surface area (Å²) in [5, 5.41) is 5.72. The van der Waals surface area contributed by atoms with Gasteiger partial charge in [0.2, 0.25) is 11.8 Å². The summed E-state index contributed by atoms with van der Waals surface area (Å²) in [7, 11) is 1.60. The van der Waals surface area contributed by atoms with Crippen molar-refractivity contribution in [2.24, 2.45) is 5.92 Å². The Morgan fingerprint density at radius 2 is 1.82 bits per heavy atom. The van der Waals surface area contributed by atoms with Crippen LogP contribution in [-0.4, -0.2) is 25.5 Å². The summed E-state index contributed by atoms with van der Waals surface area (Å²) in [6, 6.07) is 7.03. The number of methoxy groups -OCH3 is 1. The summed E-state index contributed by atoms with van der Waals surface area (Å²) >= 11 is 0. The van der Waals surface area contributed by atoms with Gasteiger partial charge in [-0.3, -0.25) is 9.59 Å². The van der Waals surface area contributed by atoms with Crippen LogP contribution in [0.5, 0.6) is 5.75 Å². The molecule has 0 fully saturated rings. The number of carbonyl (C=O) groups is 2. The molecule has 0 aliphatic carbocycles. The Labute approximate surface area is 132 Å². The van der Waals surface area contributed by atoms with Crippen LogP contribution >= 0.6 is 0 Å². The minimum atomic E-state index is -0.331. The molecule has 1 atom stereocenters. The Morgan fingerprint density at radius 3 is 2.32 bits per heavy atom. The van der Waals surface area contributed by atoms with Gasteiger partial charge in [-0.25, -0.2) is 0 Å². The van der Waals surface area contributed by atoms with E-state index in [4.69, 9.17) is 4.74 Å². The van der Waals surface area contributed by atoms with Gasteiger partial charge in [0.05, 0.1) is 19.6 Å². The molecule has 122 valence electrons. The molecule has 0 spiro atoms. The number of benzene rings is 1. The van der Waals surface area contributed by atoms with E-state index < -0.39 is 0 Å². The molecular weight excluding hydrogens is 280 g/mol. The lowest BCUT2D eigenvalue weighted by Gasteiger charge is -2.18. The minimum absolute atomic E-state index is 0.0600. The van der Waals surface area contributed by atoms with E-state index >= 15 is 0 Å². The molecule has 5 nitrogen and oxygen atoms in total. The van der Waals surface area contributed by atoms with Crippen molar-refractivity contribution in [2.45, 2.75) is 39.7 Å². The van der Waals surface area contributed by atoms with Crippen molar-refractivity contribution >= 4 is 11.8 Å². The number of nitrogens with one attached hydrogen (secondary N) is 2. The van der Waals surface area contributed by atoms with Gasteiger partial charge in [0.25, 0.3) is 0 Å². The van der Waals surface area contributed by atoms with E-state index in [1.54, 1.807) is 7.11 Å². The molecule has 0 saturated heterocycles. The fourth-order valence-electron chi connectivity index (χ4n) is 2.09. The maximum absolute atomic E-state index is 12.0. The Hall–Kier alpha value is -2.04. The normalized spacial score (nSPS) is 11.9. The lowest BCUT2D eigenvalue weighted by Crippen LogP contribution is -2.33. The van der Waals surface area contributed by atoms with Crippen LogP contribution in [0.25, 0.3) is 0 Å². The van der Waals surface area contributed by atoms with E-state index in [1.807, 2.05) is 24.3 Å². The Kier molecular flexibility index (Phi) is 7.43. The van der Waals surface area contributed by atoms with E-state index in [0.717, 1.165) is 17.7 Å². The molecule has 0 heterocycles. The molecule has 0 radical (unpaired) electrons. The molecule has 0 aliphatic heterocycles. The van der Waals surface area contributed by atoms with Crippen LogP contribution in [0.15, 0.2) is 24.3 Å². The monoisotopic (exact) mass is 306 g/mol. The third kappa shape index (κ3) is 6.61. The molecule has 0 unspecified atom stereocenters. The molecule has 0 aromatic heterocycles. The van der Waals surface area contributed by atoms with Crippen LogP contribution in [-0.2, 0) is 9.59 Å². The van der Waals surface area contributed by atoms with Crippen molar-refractivity contribution in [3.05, 3.63) is 29.8 Å². The maximum Gasteiger partial charge on any atom is 0.222 e. The summed E-state index contributed by atoms with van der Waals surface area (Å²) in [5.41, 5.74) is 0.884. The highest BCUT2D eigenvalue weighted by Gasteiger charge is 2.17. The standard InChI is InChI=1S/C17H26N2O3/c1-12(2)9-10-18-17(21)11-16(19-13(3)20)14-5-7-15(22-4)8-6-14/h5-8,12,16H,9-11H2,1-4H3,(H,18,21)(H,19,20)/t16-/m0/s1. The van der Waals surface area contributed by atoms with Crippen LogP contribution < -0.4 is 15.4 Å². The van der Waals surface area contributed by atoms with Crippen molar-refractivity contribution in [3.8, 4) is 5.75 Å². The Bertz CT molecular complexity index is 483. The van der Waals surface area contributed by atoms with Crippen LogP contribution in [0.2, 0.25) is 0 Å². The van der Waals surface area contributed by atoms with Crippen molar-refractivity contribution in [3.63, 3.8) is 0 Å². The quantitative estimate of drug-likeness (QED) is 0.775. The first-order valence-electron chi connectivity index (χ1n) is 7.60. The smallest absolute Gasteiger partial charge is 0.222 e. The zero-order chi connectivity index (χ0) is 16.5. The average Bonchev–Trinajstić information content (AvgIpc) is 2.46. The van der Waals surface area contributed by atoms with E-state index in [-0.39, 0.29) is 24.3 Å². The zero-order valence-corrected chi connectivity index (χ0v) is 13.8. The molecule has 0 bridgehead atoms. The molecule has 5 heteroatoms. The highest BCUT2D eigenvalue weighted by atomic mass is 16.5. The molecule has 1 rings (SSSR count). The average molecular weight is 306 g/mol. The number of rotatable bonds is 8. The molecule has 0 saturated carbocycles. The zero-order valence-electron chi connectivity index (χ0n) is 13.8. The second-order valence-electron chi connectivity index (χ2n) is 5.76. The number of ether oxygens (including phenoxy) is 1. The Morgan fingerprint density at radius 1 is 1.18 bits per heavy atom. The lowest BCUT2D eigenvalue weighted by molar-refractivity contribution is -0.122. The van der Waals surface area contributed by atoms with Gasteiger partial charge in [0.15, 0.2) is 0 Å². The predicted octanol–water partition coefficient (Wildman–Crippen LogP) is 2.42.